The zero-order valence-corrected chi connectivity index (χ0v) is 12.1. The molecule has 1 heterocycles. The van der Waals surface area contributed by atoms with Gasteiger partial charge in [0, 0.05) is 29.6 Å². The molecule has 1 unspecified atom stereocenters. The van der Waals surface area contributed by atoms with Gasteiger partial charge in [-0.3, -0.25) is 0 Å². The van der Waals surface area contributed by atoms with Gasteiger partial charge in [-0.1, -0.05) is 27.7 Å². The van der Waals surface area contributed by atoms with Crippen molar-refractivity contribution >= 4 is 11.3 Å². The maximum atomic E-state index is 8.81. The highest BCUT2D eigenvalue weighted by Gasteiger charge is 2.17. The molecule has 4 heteroatoms. The Morgan fingerprint density at radius 2 is 2.18 bits per heavy atom. The lowest BCUT2D eigenvalue weighted by Gasteiger charge is -2.13. The van der Waals surface area contributed by atoms with Crippen LogP contribution < -0.4 is 5.32 Å². The Labute approximate surface area is 108 Å². The Morgan fingerprint density at radius 3 is 2.71 bits per heavy atom. The molecule has 1 aromatic heterocycles. The predicted octanol–water partition coefficient (Wildman–Crippen LogP) is 2.55. The van der Waals surface area contributed by atoms with Crippen LogP contribution >= 0.6 is 11.3 Å². The first-order valence-corrected chi connectivity index (χ1v) is 7.02. The largest absolute Gasteiger partial charge is 0.396 e. The van der Waals surface area contributed by atoms with E-state index in [0.29, 0.717) is 5.92 Å². The second-order valence-electron chi connectivity index (χ2n) is 5.63. The first-order valence-electron chi connectivity index (χ1n) is 6.20. The molecule has 2 N–H and O–H groups in total. The molecule has 1 atom stereocenters. The van der Waals surface area contributed by atoms with Crippen LogP contribution in [-0.4, -0.2) is 23.2 Å². The molecule has 0 saturated carbocycles. The molecule has 0 fully saturated rings. The highest BCUT2D eigenvalue weighted by molar-refractivity contribution is 7.11. The molecule has 0 saturated heterocycles. The van der Waals surface area contributed by atoms with Gasteiger partial charge in [0.1, 0.15) is 0 Å². The zero-order valence-electron chi connectivity index (χ0n) is 11.3. The summed E-state index contributed by atoms with van der Waals surface area (Å²) in [4.78, 5) is 5.74. The number of nitrogens with zero attached hydrogens (tertiary/aromatic N) is 1. The summed E-state index contributed by atoms with van der Waals surface area (Å²) in [6.45, 7) is 10.8. The van der Waals surface area contributed by atoms with Crippen molar-refractivity contribution in [1.82, 2.24) is 10.3 Å². The summed E-state index contributed by atoms with van der Waals surface area (Å²) in [5, 5.41) is 13.4. The second-order valence-corrected chi connectivity index (χ2v) is 6.75. The van der Waals surface area contributed by atoms with Crippen molar-refractivity contribution in [3.05, 3.63) is 16.1 Å². The lowest BCUT2D eigenvalue weighted by atomic mass is 9.98. The lowest BCUT2D eigenvalue weighted by Crippen LogP contribution is -2.20. The number of aromatic nitrogens is 1. The van der Waals surface area contributed by atoms with Gasteiger partial charge in [0.2, 0.25) is 0 Å². The van der Waals surface area contributed by atoms with Gasteiger partial charge >= 0.3 is 0 Å². The van der Waals surface area contributed by atoms with E-state index in [0.717, 1.165) is 19.5 Å². The van der Waals surface area contributed by atoms with Crippen molar-refractivity contribution in [1.29, 1.82) is 0 Å². The minimum absolute atomic E-state index is 0.146. The van der Waals surface area contributed by atoms with Crippen molar-refractivity contribution in [2.24, 2.45) is 5.92 Å². The van der Waals surface area contributed by atoms with Crippen LogP contribution in [0.3, 0.4) is 0 Å². The molecule has 0 aliphatic rings. The summed E-state index contributed by atoms with van der Waals surface area (Å²) in [7, 11) is 0. The van der Waals surface area contributed by atoms with Crippen molar-refractivity contribution in [3.63, 3.8) is 0 Å². The van der Waals surface area contributed by atoms with Crippen LogP contribution in [0.2, 0.25) is 0 Å². The van der Waals surface area contributed by atoms with E-state index in [-0.39, 0.29) is 12.0 Å². The van der Waals surface area contributed by atoms with Gasteiger partial charge in [-0.15, -0.1) is 11.3 Å². The molecule has 0 bridgehead atoms. The summed E-state index contributed by atoms with van der Waals surface area (Å²) >= 11 is 1.78. The number of aliphatic hydroxyl groups is 1. The van der Waals surface area contributed by atoms with Crippen LogP contribution in [0.5, 0.6) is 0 Å². The lowest BCUT2D eigenvalue weighted by molar-refractivity contribution is 0.260. The summed E-state index contributed by atoms with van der Waals surface area (Å²) in [5.74, 6) is 0.523. The normalized spacial score (nSPS) is 13.9. The van der Waals surface area contributed by atoms with Crippen molar-refractivity contribution in [2.45, 2.75) is 46.1 Å². The van der Waals surface area contributed by atoms with E-state index >= 15 is 0 Å². The maximum Gasteiger partial charge on any atom is 0.0981 e. The fourth-order valence-corrected chi connectivity index (χ4v) is 2.44. The monoisotopic (exact) mass is 256 g/mol. The third kappa shape index (κ3) is 5.15. The van der Waals surface area contributed by atoms with Gasteiger partial charge in [0.15, 0.2) is 0 Å². The zero-order chi connectivity index (χ0) is 12.9. The molecule has 3 nitrogen and oxygen atoms in total. The van der Waals surface area contributed by atoms with Crippen LogP contribution in [0.15, 0.2) is 6.20 Å². The summed E-state index contributed by atoms with van der Waals surface area (Å²) in [6.07, 6.45) is 2.83. The molecule has 0 spiro atoms. The Bertz CT molecular complexity index is 330. The highest BCUT2D eigenvalue weighted by atomic mass is 32.1. The van der Waals surface area contributed by atoms with E-state index in [2.05, 4.69) is 38.0 Å². The molecule has 98 valence electrons. The van der Waals surface area contributed by atoms with Gasteiger partial charge in [-0.2, -0.15) is 0 Å². The molecule has 0 radical (unpaired) electrons. The SMILES string of the molecule is CC(CCO)CNCc1cnc(C(C)(C)C)s1. The third-order valence-corrected chi connectivity index (χ3v) is 4.03. The van der Waals surface area contributed by atoms with E-state index in [4.69, 9.17) is 5.11 Å². The average molecular weight is 256 g/mol. The molecule has 0 amide bonds. The van der Waals surface area contributed by atoms with Crippen LogP contribution in [-0.2, 0) is 12.0 Å². The molecule has 0 aliphatic carbocycles. The minimum atomic E-state index is 0.146. The molecule has 0 aromatic carbocycles. The third-order valence-electron chi connectivity index (χ3n) is 2.61. The predicted molar refractivity (Wildman–Crippen MR) is 73.4 cm³/mol. The number of aliphatic hydroxyl groups excluding tert-OH is 1. The van der Waals surface area contributed by atoms with Crippen LogP contribution in [0.4, 0.5) is 0 Å². The fourth-order valence-electron chi connectivity index (χ4n) is 1.50. The smallest absolute Gasteiger partial charge is 0.0981 e. The summed E-state index contributed by atoms with van der Waals surface area (Å²) in [6, 6.07) is 0. The van der Waals surface area contributed by atoms with E-state index in [1.807, 2.05) is 6.20 Å². The molecular formula is C13H24N2OS. The van der Waals surface area contributed by atoms with Crippen LogP contribution in [0.25, 0.3) is 0 Å². The van der Waals surface area contributed by atoms with Gasteiger partial charge in [-0.25, -0.2) is 4.98 Å². The molecule has 0 aliphatic heterocycles. The topological polar surface area (TPSA) is 45.1 Å². The first kappa shape index (κ1) is 14.6. The van der Waals surface area contributed by atoms with Gasteiger partial charge in [0.05, 0.1) is 5.01 Å². The molecule has 17 heavy (non-hydrogen) atoms. The van der Waals surface area contributed by atoms with E-state index < -0.39 is 0 Å². The number of hydrogen-bond donors (Lipinski definition) is 2. The van der Waals surface area contributed by atoms with Gasteiger partial charge < -0.3 is 10.4 Å². The fraction of sp³-hybridized carbons (Fsp3) is 0.769. The number of hydrogen-bond acceptors (Lipinski definition) is 4. The number of thiazole rings is 1. The molecular weight excluding hydrogens is 232 g/mol. The summed E-state index contributed by atoms with van der Waals surface area (Å²) in [5.41, 5.74) is 0.146. The van der Waals surface area contributed by atoms with Crippen molar-refractivity contribution in [2.75, 3.05) is 13.2 Å². The first-order chi connectivity index (χ1) is 7.93. The average Bonchev–Trinajstić information content (AvgIpc) is 2.66. The summed E-state index contributed by atoms with van der Waals surface area (Å²) < 4.78 is 0. The Balaban J connectivity index is 2.35. The Kier molecular flexibility index (Phi) is 5.56. The second kappa shape index (κ2) is 6.47. The van der Waals surface area contributed by atoms with E-state index in [1.165, 1.54) is 9.88 Å². The molecule has 1 rings (SSSR count). The quantitative estimate of drug-likeness (QED) is 0.822. The van der Waals surface area contributed by atoms with Gasteiger partial charge in [0.25, 0.3) is 0 Å². The van der Waals surface area contributed by atoms with Crippen LogP contribution in [0, 0.1) is 5.92 Å². The van der Waals surface area contributed by atoms with Crippen molar-refractivity contribution in [3.8, 4) is 0 Å². The highest BCUT2D eigenvalue weighted by Crippen LogP contribution is 2.26. The van der Waals surface area contributed by atoms with Gasteiger partial charge in [-0.05, 0) is 18.9 Å². The Morgan fingerprint density at radius 1 is 1.47 bits per heavy atom. The number of rotatable bonds is 6. The van der Waals surface area contributed by atoms with E-state index in [1.54, 1.807) is 11.3 Å². The van der Waals surface area contributed by atoms with Crippen molar-refractivity contribution < 1.29 is 5.11 Å². The number of nitrogens with one attached hydrogen (secondary N) is 1. The maximum absolute atomic E-state index is 8.81. The minimum Gasteiger partial charge on any atom is -0.396 e. The van der Waals surface area contributed by atoms with E-state index in [9.17, 15) is 0 Å². The Hall–Kier alpha value is -0.450. The molecule has 1 aromatic rings. The standard InChI is InChI=1S/C13H24N2OS/c1-10(5-6-16)7-14-8-11-9-15-12(17-11)13(2,3)4/h9-10,14,16H,5-8H2,1-4H3. The van der Waals surface area contributed by atoms with Crippen LogP contribution in [0.1, 0.15) is 44.0 Å².